The van der Waals surface area contributed by atoms with Crippen molar-refractivity contribution >= 4 is 16.6 Å². The number of ketones is 1. The predicted octanol–water partition coefficient (Wildman–Crippen LogP) is 3.69. The van der Waals surface area contributed by atoms with E-state index < -0.39 is 10.8 Å². The van der Waals surface area contributed by atoms with Crippen LogP contribution in [0.25, 0.3) is 0 Å². The van der Waals surface area contributed by atoms with E-state index in [0.29, 0.717) is 5.92 Å². The van der Waals surface area contributed by atoms with Crippen LogP contribution in [-0.4, -0.2) is 21.0 Å². The zero-order valence-electron chi connectivity index (χ0n) is 12.8. The largest absolute Gasteiger partial charge is 0.293 e. The maximum atomic E-state index is 12.5. The number of benzene rings is 1. The maximum absolute atomic E-state index is 12.5. The lowest BCUT2D eigenvalue weighted by atomic mass is 9.91. The van der Waals surface area contributed by atoms with Crippen molar-refractivity contribution in [3.63, 3.8) is 0 Å². The van der Waals surface area contributed by atoms with Gasteiger partial charge in [0.15, 0.2) is 5.78 Å². The van der Waals surface area contributed by atoms with Crippen molar-refractivity contribution in [3.05, 3.63) is 34.9 Å². The second-order valence-corrected chi connectivity index (χ2v) is 8.40. The van der Waals surface area contributed by atoms with Crippen LogP contribution in [0.3, 0.4) is 0 Å². The van der Waals surface area contributed by atoms with Crippen LogP contribution in [-0.2, 0) is 23.6 Å². The van der Waals surface area contributed by atoms with E-state index in [0.717, 1.165) is 37.7 Å². The van der Waals surface area contributed by atoms with Crippen LogP contribution in [0.15, 0.2) is 18.2 Å². The van der Waals surface area contributed by atoms with Crippen molar-refractivity contribution in [1.29, 1.82) is 0 Å². The smallest absolute Gasteiger partial charge is 0.175 e. The molecule has 1 aromatic rings. The second kappa shape index (κ2) is 6.43. The zero-order valence-corrected chi connectivity index (χ0v) is 13.6. The number of Topliss-reactive ketones (excluding diaryl/α,β-unsaturated/α-hetero) is 1. The number of carbonyl (C=O) groups excluding carboxylic acids is 1. The molecule has 0 N–H and O–H groups in total. The normalized spacial score (nSPS) is 26.3. The van der Waals surface area contributed by atoms with Crippen LogP contribution in [0.5, 0.6) is 0 Å². The van der Waals surface area contributed by atoms with Crippen LogP contribution >= 0.6 is 0 Å². The lowest BCUT2D eigenvalue weighted by molar-refractivity contribution is 0.102. The van der Waals surface area contributed by atoms with Gasteiger partial charge in [-0.2, -0.15) is 0 Å². The van der Waals surface area contributed by atoms with Crippen LogP contribution in [0.4, 0.5) is 0 Å². The van der Waals surface area contributed by atoms with E-state index in [9.17, 15) is 9.00 Å². The molecule has 1 fully saturated rings. The average Bonchev–Trinajstić information content (AvgIpc) is 2.94. The summed E-state index contributed by atoms with van der Waals surface area (Å²) >= 11 is 0. The molecule has 2 nitrogen and oxygen atoms in total. The molecule has 21 heavy (non-hydrogen) atoms. The van der Waals surface area contributed by atoms with Gasteiger partial charge in [0, 0.05) is 21.6 Å². The van der Waals surface area contributed by atoms with Gasteiger partial charge < -0.3 is 0 Å². The molecule has 0 saturated heterocycles. The monoisotopic (exact) mass is 304 g/mol. The molecule has 0 radical (unpaired) electrons. The van der Waals surface area contributed by atoms with Crippen molar-refractivity contribution in [3.8, 4) is 0 Å². The molecular weight excluding hydrogens is 280 g/mol. The first-order valence-corrected chi connectivity index (χ1v) is 9.54. The highest BCUT2D eigenvalue weighted by atomic mass is 32.2. The Morgan fingerprint density at radius 2 is 2.00 bits per heavy atom. The predicted molar refractivity (Wildman–Crippen MR) is 87.2 cm³/mol. The summed E-state index contributed by atoms with van der Waals surface area (Å²) in [6, 6.07) is 6.04. The Balaban J connectivity index is 1.64. The number of carbonyl (C=O) groups is 1. The van der Waals surface area contributed by atoms with E-state index in [1.807, 2.05) is 12.1 Å². The quantitative estimate of drug-likeness (QED) is 0.795. The Hall–Kier alpha value is -0.960. The molecule has 3 unspecified atom stereocenters. The van der Waals surface area contributed by atoms with E-state index in [1.54, 1.807) is 0 Å². The molecule has 3 rings (SSSR count). The Bertz CT molecular complexity index is 564. The van der Waals surface area contributed by atoms with Gasteiger partial charge in [-0.25, -0.2) is 0 Å². The summed E-state index contributed by atoms with van der Waals surface area (Å²) in [7, 11) is -1.01. The Morgan fingerprint density at radius 1 is 1.19 bits per heavy atom. The number of aryl methyl sites for hydroxylation is 2. The highest BCUT2D eigenvalue weighted by molar-refractivity contribution is 7.86. The highest BCUT2D eigenvalue weighted by Gasteiger charge is 2.25. The Morgan fingerprint density at radius 3 is 2.81 bits per heavy atom. The van der Waals surface area contributed by atoms with Crippen molar-refractivity contribution in [2.45, 2.75) is 57.1 Å². The molecule has 0 amide bonds. The second-order valence-electron chi connectivity index (χ2n) is 6.68. The number of rotatable bonds is 4. The van der Waals surface area contributed by atoms with E-state index in [2.05, 4.69) is 13.0 Å². The number of hydrogen-bond donors (Lipinski definition) is 0. The molecule has 0 aromatic heterocycles. The van der Waals surface area contributed by atoms with Gasteiger partial charge in [0.25, 0.3) is 0 Å². The van der Waals surface area contributed by atoms with Gasteiger partial charge in [-0.15, -0.1) is 0 Å². The van der Waals surface area contributed by atoms with Gasteiger partial charge in [-0.1, -0.05) is 31.9 Å². The summed E-state index contributed by atoms with van der Waals surface area (Å²) in [5.41, 5.74) is 3.46. The van der Waals surface area contributed by atoms with Crippen molar-refractivity contribution in [2.24, 2.45) is 5.92 Å². The molecular formula is C18H24O2S. The third-order valence-electron chi connectivity index (χ3n) is 4.95. The van der Waals surface area contributed by atoms with Gasteiger partial charge in [-0.3, -0.25) is 9.00 Å². The van der Waals surface area contributed by atoms with Gasteiger partial charge in [0.1, 0.15) is 0 Å². The van der Waals surface area contributed by atoms with Gasteiger partial charge in [0.2, 0.25) is 0 Å². The molecule has 3 atom stereocenters. The van der Waals surface area contributed by atoms with E-state index in [-0.39, 0.29) is 16.8 Å². The molecule has 114 valence electrons. The third kappa shape index (κ3) is 3.45. The minimum absolute atomic E-state index is 0.0567. The fraction of sp³-hybridized carbons (Fsp3) is 0.611. The topological polar surface area (TPSA) is 34.1 Å². The van der Waals surface area contributed by atoms with Gasteiger partial charge in [-0.05, 0) is 55.2 Å². The zero-order chi connectivity index (χ0) is 14.8. The van der Waals surface area contributed by atoms with Crippen molar-refractivity contribution < 1.29 is 9.00 Å². The Labute approximate surface area is 129 Å². The van der Waals surface area contributed by atoms with Crippen LogP contribution < -0.4 is 0 Å². The highest BCUT2D eigenvalue weighted by Crippen LogP contribution is 2.28. The molecule has 3 heteroatoms. The minimum atomic E-state index is -1.01. The first-order valence-electron chi connectivity index (χ1n) is 8.15. The van der Waals surface area contributed by atoms with E-state index in [4.69, 9.17) is 0 Å². The number of fused-ring (bicyclic) bond motifs is 1. The van der Waals surface area contributed by atoms with Gasteiger partial charge >= 0.3 is 0 Å². The third-order valence-corrected chi connectivity index (χ3v) is 6.67. The first-order chi connectivity index (χ1) is 10.1. The summed E-state index contributed by atoms with van der Waals surface area (Å²) < 4.78 is 12.5. The lowest BCUT2D eigenvalue weighted by Gasteiger charge is -2.25. The lowest BCUT2D eigenvalue weighted by Crippen LogP contribution is -2.27. The molecule has 0 heterocycles. The molecule has 0 bridgehead atoms. The van der Waals surface area contributed by atoms with Crippen molar-refractivity contribution in [2.75, 3.05) is 5.75 Å². The molecule has 0 spiro atoms. The van der Waals surface area contributed by atoms with Crippen LogP contribution in [0.2, 0.25) is 0 Å². The minimum Gasteiger partial charge on any atom is -0.293 e. The summed E-state index contributed by atoms with van der Waals surface area (Å²) in [5.74, 6) is 0.917. The fourth-order valence-electron chi connectivity index (χ4n) is 3.69. The van der Waals surface area contributed by atoms with Crippen LogP contribution in [0, 0.1) is 5.92 Å². The van der Waals surface area contributed by atoms with Crippen LogP contribution in [0.1, 0.15) is 60.5 Å². The molecule has 0 aliphatic heterocycles. The summed E-state index contributed by atoms with van der Waals surface area (Å²) in [4.78, 5) is 12.4. The summed E-state index contributed by atoms with van der Waals surface area (Å²) in [6.07, 6.45) is 7.85. The molecule has 2 aliphatic carbocycles. The SMILES string of the molecule is CC1CCCC(S(=O)CC(=O)c2ccc3c(c2)CCC3)C1. The fourth-order valence-corrected chi connectivity index (χ4v) is 5.33. The Kier molecular flexibility index (Phi) is 4.58. The summed E-state index contributed by atoms with van der Waals surface area (Å²) in [5, 5.41) is 0.229. The van der Waals surface area contributed by atoms with Crippen molar-refractivity contribution in [1.82, 2.24) is 0 Å². The maximum Gasteiger partial charge on any atom is 0.175 e. The van der Waals surface area contributed by atoms with E-state index >= 15 is 0 Å². The molecule has 2 aliphatic rings. The van der Waals surface area contributed by atoms with Gasteiger partial charge in [0.05, 0.1) is 5.75 Å². The molecule has 1 aromatic carbocycles. The average molecular weight is 304 g/mol. The van der Waals surface area contributed by atoms with E-state index in [1.165, 1.54) is 24.0 Å². The number of hydrogen-bond acceptors (Lipinski definition) is 2. The standard InChI is InChI=1S/C18H24O2S/c1-13-4-2-7-17(10-13)21(20)12-18(19)16-9-8-14-5-3-6-15(14)11-16/h8-9,11,13,17H,2-7,10,12H2,1H3. The molecule has 1 saturated carbocycles. The summed E-state index contributed by atoms with van der Waals surface area (Å²) in [6.45, 7) is 2.23. The first kappa shape index (κ1) is 15.0.